The van der Waals surface area contributed by atoms with Gasteiger partial charge in [-0.25, -0.2) is 0 Å². The summed E-state index contributed by atoms with van der Waals surface area (Å²) in [6, 6.07) is -1.47. The van der Waals surface area contributed by atoms with Gasteiger partial charge in [-0.1, -0.05) is 0 Å². The van der Waals surface area contributed by atoms with Crippen LogP contribution < -0.4 is 5.32 Å². The molecule has 0 fully saturated rings. The van der Waals surface area contributed by atoms with Crippen LogP contribution in [0.2, 0.25) is 0 Å². The highest BCUT2D eigenvalue weighted by Crippen LogP contribution is 2.69. The molecule has 2 N–H and O–H groups in total. The van der Waals surface area contributed by atoms with Crippen molar-refractivity contribution >= 4 is 27.4 Å². The van der Waals surface area contributed by atoms with Crippen LogP contribution in [0.3, 0.4) is 0 Å². The molecular formula is C13H27NO9P2. The summed E-state index contributed by atoms with van der Waals surface area (Å²) < 4.78 is 47.1. The molecule has 0 saturated heterocycles. The number of rotatable bonds is 15. The minimum absolute atomic E-state index is 0.0425. The molecule has 0 radical (unpaired) electrons. The van der Waals surface area contributed by atoms with Crippen molar-refractivity contribution in [2.75, 3.05) is 26.4 Å². The van der Waals surface area contributed by atoms with Crippen molar-refractivity contribution in [3.8, 4) is 0 Å². The predicted octanol–water partition coefficient (Wildman–Crippen LogP) is 2.43. The lowest BCUT2D eigenvalue weighted by Gasteiger charge is -2.33. The van der Waals surface area contributed by atoms with Crippen molar-refractivity contribution in [1.29, 1.82) is 0 Å². The number of carboxylic acid groups (broad SMARTS) is 1. The Morgan fingerprint density at radius 3 is 1.56 bits per heavy atom. The van der Waals surface area contributed by atoms with Gasteiger partial charge in [0.25, 0.3) is 0 Å². The maximum Gasteiger partial charge on any atom is 0.359 e. The highest BCUT2D eigenvalue weighted by Gasteiger charge is 2.52. The Labute approximate surface area is 147 Å². The quantitative estimate of drug-likeness (QED) is 0.310. The van der Waals surface area contributed by atoms with Crippen molar-refractivity contribution < 1.29 is 41.9 Å². The molecule has 0 aromatic heterocycles. The van der Waals surface area contributed by atoms with Crippen LogP contribution in [-0.2, 0) is 36.8 Å². The van der Waals surface area contributed by atoms with E-state index in [-0.39, 0.29) is 26.4 Å². The summed E-state index contributed by atoms with van der Waals surface area (Å²) in [7, 11) is -8.26. The largest absolute Gasteiger partial charge is 0.480 e. The second kappa shape index (κ2) is 11.9. The fourth-order valence-electron chi connectivity index (χ4n) is 1.95. The molecule has 148 valence electrons. The number of nitrogens with one attached hydrogen (secondary N) is 1. The van der Waals surface area contributed by atoms with Gasteiger partial charge in [-0.05, 0) is 27.7 Å². The van der Waals surface area contributed by atoms with Crippen LogP contribution in [0.25, 0.3) is 0 Å². The Morgan fingerprint density at radius 1 is 0.960 bits per heavy atom. The van der Waals surface area contributed by atoms with Crippen LogP contribution in [0.5, 0.6) is 0 Å². The zero-order valence-corrected chi connectivity index (χ0v) is 16.7. The monoisotopic (exact) mass is 403 g/mol. The summed E-state index contributed by atoms with van der Waals surface area (Å²) in [4.78, 5) is 22.1. The number of carbonyl (C=O) groups excluding carboxylic acids is 1. The van der Waals surface area contributed by atoms with Crippen LogP contribution >= 0.6 is 15.2 Å². The molecule has 12 heteroatoms. The van der Waals surface area contributed by atoms with Crippen LogP contribution in [0.4, 0.5) is 0 Å². The van der Waals surface area contributed by atoms with Crippen LogP contribution in [0.15, 0.2) is 0 Å². The predicted molar refractivity (Wildman–Crippen MR) is 90.7 cm³/mol. The van der Waals surface area contributed by atoms with Gasteiger partial charge in [-0.3, -0.25) is 19.2 Å². The lowest BCUT2D eigenvalue weighted by molar-refractivity contribution is -0.140. The van der Waals surface area contributed by atoms with E-state index in [0.29, 0.717) is 6.29 Å². The molecule has 0 aliphatic heterocycles. The van der Waals surface area contributed by atoms with Gasteiger partial charge in [0, 0.05) is 6.42 Å². The molecule has 0 amide bonds. The van der Waals surface area contributed by atoms with E-state index in [1.807, 2.05) is 0 Å². The molecule has 0 aliphatic carbocycles. The topological polar surface area (TPSA) is 137 Å². The number of aliphatic carboxylic acids is 1. The third-order valence-corrected chi connectivity index (χ3v) is 8.48. The lowest BCUT2D eigenvalue weighted by atomic mass is 10.2. The molecule has 0 bridgehead atoms. The van der Waals surface area contributed by atoms with E-state index in [2.05, 4.69) is 5.32 Å². The van der Waals surface area contributed by atoms with Gasteiger partial charge in [-0.15, -0.1) is 0 Å². The highest BCUT2D eigenvalue weighted by atomic mass is 31.2. The molecule has 1 unspecified atom stereocenters. The van der Waals surface area contributed by atoms with Gasteiger partial charge in [0.2, 0.25) is 5.52 Å². The molecule has 0 saturated carbocycles. The van der Waals surface area contributed by atoms with E-state index in [9.17, 15) is 23.8 Å². The molecule has 10 nitrogen and oxygen atoms in total. The fourth-order valence-corrected chi connectivity index (χ4v) is 7.01. The van der Waals surface area contributed by atoms with E-state index in [1.54, 1.807) is 27.7 Å². The zero-order valence-electron chi connectivity index (χ0n) is 14.9. The van der Waals surface area contributed by atoms with Gasteiger partial charge in [0.05, 0.1) is 26.4 Å². The molecular weight excluding hydrogens is 376 g/mol. The summed E-state index contributed by atoms with van der Waals surface area (Å²) in [5, 5.41) is 11.7. The lowest BCUT2D eigenvalue weighted by Crippen LogP contribution is -2.44. The standard InChI is InChI=1S/C13H27NO9P2/c1-5-20-24(18,21-6-2)13(14-11(9-10-15)12(16)17)25(19,22-7-3)23-8-4/h10-11,13-14H,5-9H2,1-4H3,(H,16,17). The van der Waals surface area contributed by atoms with Crippen molar-refractivity contribution in [1.82, 2.24) is 5.32 Å². The summed E-state index contributed by atoms with van der Waals surface area (Å²) in [6.07, 6.45) is -0.0657. The minimum atomic E-state index is -4.13. The summed E-state index contributed by atoms with van der Waals surface area (Å²) in [5.41, 5.74) is -1.69. The van der Waals surface area contributed by atoms with E-state index in [0.717, 1.165) is 0 Å². The molecule has 0 heterocycles. The first-order valence-corrected chi connectivity index (χ1v) is 11.2. The maximum absolute atomic E-state index is 13.2. The van der Waals surface area contributed by atoms with Gasteiger partial charge in [0.15, 0.2) is 0 Å². The first-order chi connectivity index (χ1) is 11.7. The Bertz CT molecular complexity index is 464. The van der Waals surface area contributed by atoms with Crippen molar-refractivity contribution in [3.63, 3.8) is 0 Å². The summed E-state index contributed by atoms with van der Waals surface area (Å²) in [6.45, 7) is 6.03. The molecule has 0 spiro atoms. The summed E-state index contributed by atoms with van der Waals surface area (Å²) >= 11 is 0. The van der Waals surface area contributed by atoms with Gasteiger partial charge in [0.1, 0.15) is 12.3 Å². The van der Waals surface area contributed by atoms with Crippen molar-refractivity contribution in [3.05, 3.63) is 0 Å². The van der Waals surface area contributed by atoms with Crippen LogP contribution in [0, 0.1) is 0 Å². The first-order valence-electron chi connectivity index (χ1n) is 7.94. The zero-order chi connectivity index (χ0) is 19.5. The smallest absolute Gasteiger partial charge is 0.359 e. The number of hydrogen-bond donors (Lipinski definition) is 2. The van der Waals surface area contributed by atoms with E-state index in [4.69, 9.17) is 18.1 Å². The van der Waals surface area contributed by atoms with E-state index < -0.39 is 39.1 Å². The van der Waals surface area contributed by atoms with E-state index >= 15 is 0 Å². The third-order valence-electron chi connectivity index (χ3n) is 2.82. The Hall–Kier alpha value is -0.600. The minimum Gasteiger partial charge on any atom is -0.480 e. The molecule has 0 aromatic rings. The normalized spacial score (nSPS) is 13.8. The van der Waals surface area contributed by atoms with Gasteiger partial charge >= 0.3 is 21.2 Å². The number of carbonyl (C=O) groups is 2. The average Bonchev–Trinajstić information content (AvgIpc) is 2.51. The Balaban J connectivity index is 6.07. The second-order valence-corrected chi connectivity index (χ2v) is 9.22. The SMILES string of the molecule is CCOP(=O)(OCC)C(NC(CC=O)C(=O)O)P(=O)(OCC)OCC. The fraction of sp³-hybridized carbons (Fsp3) is 0.846. The Morgan fingerprint density at radius 2 is 1.32 bits per heavy atom. The van der Waals surface area contributed by atoms with Gasteiger partial charge in [-0.2, -0.15) is 0 Å². The van der Waals surface area contributed by atoms with Crippen molar-refractivity contribution in [2.45, 2.75) is 45.7 Å². The average molecular weight is 403 g/mol. The molecule has 25 heavy (non-hydrogen) atoms. The molecule has 1 atom stereocenters. The molecule has 0 aromatic carbocycles. The Kier molecular flexibility index (Phi) is 11.6. The number of aldehydes is 1. The molecule has 0 rings (SSSR count). The van der Waals surface area contributed by atoms with Crippen molar-refractivity contribution in [2.24, 2.45) is 0 Å². The highest BCUT2D eigenvalue weighted by molar-refractivity contribution is 7.72. The maximum atomic E-state index is 13.2. The number of carboxylic acids is 1. The van der Waals surface area contributed by atoms with Gasteiger partial charge < -0.3 is 28.0 Å². The van der Waals surface area contributed by atoms with E-state index in [1.165, 1.54) is 0 Å². The first kappa shape index (κ1) is 24.4. The van der Waals surface area contributed by atoms with Crippen LogP contribution in [0.1, 0.15) is 34.1 Å². The molecule has 0 aliphatic rings. The number of hydrogen-bond acceptors (Lipinski definition) is 9. The summed E-state index contributed by atoms with van der Waals surface area (Å²) in [5.74, 6) is -1.39. The van der Waals surface area contributed by atoms with Crippen LogP contribution in [-0.4, -0.2) is 55.4 Å². The third kappa shape index (κ3) is 7.27. The second-order valence-electron chi connectivity index (χ2n) is 4.58.